The highest BCUT2D eigenvalue weighted by Gasteiger charge is 2.31. The molecule has 21 heavy (non-hydrogen) atoms. The molecule has 0 aliphatic carbocycles. The molecule has 3 rings (SSSR count). The summed E-state index contributed by atoms with van der Waals surface area (Å²) in [4.78, 5) is 18.4. The van der Waals surface area contributed by atoms with Gasteiger partial charge < -0.3 is 9.64 Å². The van der Waals surface area contributed by atoms with E-state index in [9.17, 15) is 4.79 Å². The van der Waals surface area contributed by atoms with Crippen LogP contribution in [-0.2, 0) is 18.3 Å². The Morgan fingerprint density at radius 3 is 2.90 bits per heavy atom. The summed E-state index contributed by atoms with van der Waals surface area (Å²) in [6.45, 7) is 1.80. The van der Waals surface area contributed by atoms with E-state index < -0.39 is 0 Å². The summed E-state index contributed by atoms with van der Waals surface area (Å²) in [6.07, 6.45) is 5.11. The first-order chi connectivity index (χ1) is 10.2. The molecule has 1 amide bonds. The fourth-order valence-electron chi connectivity index (χ4n) is 2.93. The number of carbonyl (C=O) groups excluding carboxylic acids is 1. The standard InChI is InChI=1S/C15H18N4O2/c1-18-14-12(7-17-18)8-19(9-13(14)10-21-2)15(20)11-3-5-16-6-4-11/h3-7,13H,8-10H2,1-2H3/t13-/m1/s1. The highest BCUT2D eigenvalue weighted by atomic mass is 16.5. The van der Waals surface area contributed by atoms with Crippen molar-refractivity contribution in [2.45, 2.75) is 12.5 Å². The summed E-state index contributed by atoms with van der Waals surface area (Å²) < 4.78 is 7.19. The summed E-state index contributed by atoms with van der Waals surface area (Å²) in [5.74, 6) is 0.171. The Kier molecular flexibility index (Phi) is 3.70. The number of aromatic nitrogens is 3. The normalized spacial score (nSPS) is 17.6. The van der Waals surface area contributed by atoms with Crippen molar-refractivity contribution < 1.29 is 9.53 Å². The lowest BCUT2D eigenvalue weighted by Gasteiger charge is -2.33. The second-order valence-electron chi connectivity index (χ2n) is 5.25. The van der Waals surface area contributed by atoms with Crippen molar-refractivity contribution in [2.24, 2.45) is 7.05 Å². The molecular formula is C15H18N4O2. The third-order valence-electron chi connectivity index (χ3n) is 3.84. The summed E-state index contributed by atoms with van der Waals surface area (Å²) >= 11 is 0. The maximum Gasteiger partial charge on any atom is 0.254 e. The number of nitrogens with zero attached hydrogens (tertiary/aromatic N) is 4. The van der Waals surface area contributed by atoms with E-state index in [0.717, 1.165) is 11.3 Å². The number of carbonyl (C=O) groups is 1. The molecule has 0 unspecified atom stereocenters. The molecule has 0 saturated carbocycles. The number of rotatable bonds is 3. The van der Waals surface area contributed by atoms with Gasteiger partial charge >= 0.3 is 0 Å². The van der Waals surface area contributed by atoms with Crippen LogP contribution in [0.3, 0.4) is 0 Å². The van der Waals surface area contributed by atoms with Crippen LogP contribution in [0.25, 0.3) is 0 Å². The van der Waals surface area contributed by atoms with Gasteiger partial charge in [-0.25, -0.2) is 0 Å². The fourth-order valence-corrected chi connectivity index (χ4v) is 2.93. The number of hydrogen-bond donors (Lipinski definition) is 0. The summed E-state index contributed by atoms with van der Waals surface area (Å²) in [7, 11) is 3.61. The van der Waals surface area contributed by atoms with Crippen molar-refractivity contribution >= 4 is 5.91 Å². The molecule has 1 atom stereocenters. The zero-order valence-corrected chi connectivity index (χ0v) is 12.2. The largest absolute Gasteiger partial charge is 0.384 e. The van der Waals surface area contributed by atoms with E-state index in [1.807, 2.05) is 22.8 Å². The van der Waals surface area contributed by atoms with Crippen LogP contribution >= 0.6 is 0 Å². The number of hydrogen-bond acceptors (Lipinski definition) is 4. The highest BCUT2D eigenvalue weighted by Crippen LogP contribution is 2.28. The zero-order chi connectivity index (χ0) is 14.8. The molecule has 0 bridgehead atoms. The second kappa shape index (κ2) is 5.65. The number of fused-ring (bicyclic) bond motifs is 1. The van der Waals surface area contributed by atoms with E-state index in [2.05, 4.69) is 10.1 Å². The maximum absolute atomic E-state index is 12.6. The third-order valence-corrected chi connectivity index (χ3v) is 3.84. The predicted molar refractivity (Wildman–Crippen MR) is 76.8 cm³/mol. The van der Waals surface area contributed by atoms with Crippen molar-refractivity contribution in [3.63, 3.8) is 0 Å². The first kappa shape index (κ1) is 13.8. The Balaban J connectivity index is 1.88. The highest BCUT2D eigenvalue weighted by molar-refractivity contribution is 5.94. The van der Waals surface area contributed by atoms with Gasteiger partial charge in [-0.05, 0) is 12.1 Å². The van der Waals surface area contributed by atoms with Crippen molar-refractivity contribution in [3.8, 4) is 0 Å². The smallest absolute Gasteiger partial charge is 0.254 e. The molecular weight excluding hydrogens is 268 g/mol. The van der Waals surface area contributed by atoms with E-state index in [1.54, 1.807) is 31.6 Å². The SMILES string of the molecule is COC[C@H]1CN(C(=O)c2ccncc2)Cc2cnn(C)c21. The summed E-state index contributed by atoms with van der Waals surface area (Å²) in [6, 6.07) is 3.48. The molecule has 0 aromatic carbocycles. The number of aryl methyl sites for hydroxylation is 1. The van der Waals surface area contributed by atoms with Gasteiger partial charge in [0.1, 0.15) is 0 Å². The minimum absolute atomic E-state index is 0.0213. The van der Waals surface area contributed by atoms with E-state index in [1.165, 1.54) is 0 Å². The lowest BCUT2D eigenvalue weighted by atomic mass is 9.96. The monoisotopic (exact) mass is 286 g/mol. The number of amides is 1. The Labute approximate surface area is 123 Å². The van der Waals surface area contributed by atoms with Crippen molar-refractivity contribution in [2.75, 3.05) is 20.3 Å². The van der Waals surface area contributed by atoms with E-state index in [0.29, 0.717) is 25.3 Å². The lowest BCUT2D eigenvalue weighted by molar-refractivity contribution is 0.0676. The fraction of sp³-hybridized carbons (Fsp3) is 0.400. The molecule has 0 fully saturated rings. The van der Waals surface area contributed by atoms with Gasteiger partial charge in [0.15, 0.2) is 0 Å². The quantitative estimate of drug-likeness (QED) is 0.850. The van der Waals surface area contributed by atoms with Crippen molar-refractivity contribution in [1.29, 1.82) is 0 Å². The van der Waals surface area contributed by atoms with Gasteiger partial charge in [-0.3, -0.25) is 14.5 Å². The minimum Gasteiger partial charge on any atom is -0.384 e. The van der Waals surface area contributed by atoms with Crippen LogP contribution in [0.1, 0.15) is 27.5 Å². The Morgan fingerprint density at radius 1 is 1.43 bits per heavy atom. The number of ether oxygens (including phenoxy) is 1. The zero-order valence-electron chi connectivity index (χ0n) is 12.2. The molecule has 6 heteroatoms. The van der Waals surface area contributed by atoms with E-state index in [4.69, 9.17) is 4.74 Å². The summed E-state index contributed by atoms with van der Waals surface area (Å²) in [5.41, 5.74) is 2.91. The van der Waals surface area contributed by atoms with Crippen LogP contribution in [0, 0.1) is 0 Å². The average Bonchev–Trinajstić information content (AvgIpc) is 2.89. The van der Waals surface area contributed by atoms with Crippen molar-refractivity contribution in [1.82, 2.24) is 19.7 Å². The molecule has 110 valence electrons. The van der Waals surface area contributed by atoms with Gasteiger partial charge in [0.2, 0.25) is 0 Å². The Bertz CT molecular complexity index is 638. The van der Waals surface area contributed by atoms with Crippen LogP contribution in [-0.4, -0.2) is 45.8 Å². The number of pyridine rings is 1. The van der Waals surface area contributed by atoms with Gasteiger partial charge in [-0.2, -0.15) is 5.10 Å². The minimum atomic E-state index is 0.0213. The first-order valence-electron chi connectivity index (χ1n) is 6.89. The molecule has 6 nitrogen and oxygen atoms in total. The van der Waals surface area contributed by atoms with Gasteiger partial charge in [0.05, 0.1) is 18.5 Å². The van der Waals surface area contributed by atoms with Crippen LogP contribution < -0.4 is 0 Å². The van der Waals surface area contributed by atoms with Gasteiger partial charge in [-0.15, -0.1) is 0 Å². The van der Waals surface area contributed by atoms with E-state index in [-0.39, 0.29) is 11.8 Å². The maximum atomic E-state index is 12.6. The van der Waals surface area contributed by atoms with Gasteiger partial charge in [0, 0.05) is 56.7 Å². The molecule has 1 aliphatic heterocycles. The molecule has 0 spiro atoms. The van der Waals surface area contributed by atoms with Gasteiger partial charge in [-0.1, -0.05) is 0 Å². The molecule has 0 saturated heterocycles. The molecule has 0 N–H and O–H groups in total. The average molecular weight is 286 g/mol. The van der Waals surface area contributed by atoms with Crippen LogP contribution in [0.2, 0.25) is 0 Å². The first-order valence-corrected chi connectivity index (χ1v) is 6.89. The molecule has 2 aromatic heterocycles. The summed E-state index contributed by atoms with van der Waals surface area (Å²) in [5, 5.41) is 4.31. The molecule has 2 aromatic rings. The lowest BCUT2D eigenvalue weighted by Crippen LogP contribution is -2.39. The van der Waals surface area contributed by atoms with Gasteiger partial charge in [0.25, 0.3) is 5.91 Å². The van der Waals surface area contributed by atoms with Crippen LogP contribution in [0.5, 0.6) is 0 Å². The molecule has 1 aliphatic rings. The predicted octanol–water partition coefficient (Wildman–Crippen LogP) is 1.20. The third kappa shape index (κ3) is 2.54. The molecule has 3 heterocycles. The second-order valence-corrected chi connectivity index (χ2v) is 5.25. The Morgan fingerprint density at radius 2 is 2.19 bits per heavy atom. The van der Waals surface area contributed by atoms with Crippen LogP contribution in [0.15, 0.2) is 30.7 Å². The van der Waals surface area contributed by atoms with Crippen molar-refractivity contribution in [3.05, 3.63) is 47.5 Å². The van der Waals surface area contributed by atoms with E-state index >= 15 is 0 Å². The molecule has 0 radical (unpaired) electrons. The Hall–Kier alpha value is -2.21. The van der Waals surface area contributed by atoms with Crippen LogP contribution in [0.4, 0.5) is 0 Å². The topological polar surface area (TPSA) is 60.2 Å². The number of methoxy groups -OCH3 is 1.